The molecule has 0 radical (unpaired) electrons. The van der Waals surface area contributed by atoms with Gasteiger partial charge in [-0.15, -0.1) is 0 Å². The summed E-state index contributed by atoms with van der Waals surface area (Å²) in [5.74, 6) is -0.644. The van der Waals surface area contributed by atoms with E-state index in [1.807, 2.05) is 36.4 Å². The number of nitrogens with zero attached hydrogens (tertiary/aromatic N) is 2. The predicted molar refractivity (Wildman–Crippen MR) is 72.5 cm³/mol. The SMILES string of the molecule is N#CC1NN(c2cccc3ccccc23)C(=O)NC1=O. The van der Waals surface area contributed by atoms with Gasteiger partial charge in [-0.1, -0.05) is 36.4 Å². The van der Waals surface area contributed by atoms with E-state index in [0.717, 1.165) is 10.8 Å². The number of imide groups is 1. The van der Waals surface area contributed by atoms with Gasteiger partial charge < -0.3 is 0 Å². The molecule has 1 unspecified atom stereocenters. The molecule has 3 rings (SSSR count). The van der Waals surface area contributed by atoms with E-state index in [1.54, 1.807) is 12.1 Å². The molecule has 0 spiro atoms. The van der Waals surface area contributed by atoms with Gasteiger partial charge in [0.05, 0.1) is 11.8 Å². The molecule has 0 aliphatic carbocycles. The third-order valence-corrected chi connectivity index (χ3v) is 3.09. The average molecular weight is 266 g/mol. The van der Waals surface area contributed by atoms with Gasteiger partial charge >= 0.3 is 6.03 Å². The minimum atomic E-state index is -1.09. The first-order valence-electron chi connectivity index (χ1n) is 5.99. The van der Waals surface area contributed by atoms with Crippen molar-refractivity contribution in [1.82, 2.24) is 10.7 Å². The van der Waals surface area contributed by atoms with Gasteiger partial charge in [0.1, 0.15) is 0 Å². The van der Waals surface area contributed by atoms with Crippen LogP contribution in [0, 0.1) is 11.3 Å². The van der Waals surface area contributed by atoms with E-state index in [1.165, 1.54) is 5.01 Å². The number of anilines is 1. The summed E-state index contributed by atoms with van der Waals surface area (Å²) in [6, 6.07) is 13.2. The molecule has 2 N–H and O–H groups in total. The number of rotatable bonds is 1. The van der Waals surface area contributed by atoms with Crippen molar-refractivity contribution in [2.24, 2.45) is 0 Å². The summed E-state index contributed by atoms with van der Waals surface area (Å²) in [5, 5.41) is 14.1. The van der Waals surface area contributed by atoms with Crippen LogP contribution >= 0.6 is 0 Å². The zero-order chi connectivity index (χ0) is 14.1. The maximum Gasteiger partial charge on any atom is 0.343 e. The number of hydrazine groups is 1. The lowest BCUT2D eigenvalue weighted by Gasteiger charge is -2.30. The quantitative estimate of drug-likeness (QED) is 0.814. The van der Waals surface area contributed by atoms with Crippen molar-refractivity contribution < 1.29 is 9.59 Å². The molecular formula is C14H10N4O2. The second-order valence-corrected chi connectivity index (χ2v) is 4.32. The minimum absolute atomic E-state index is 0.591. The van der Waals surface area contributed by atoms with Crippen molar-refractivity contribution in [1.29, 1.82) is 5.26 Å². The van der Waals surface area contributed by atoms with Crippen LogP contribution in [0.15, 0.2) is 42.5 Å². The van der Waals surface area contributed by atoms with E-state index >= 15 is 0 Å². The number of fused-ring (bicyclic) bond motifs is 1. The summed E-state index contributed by atoms with van der Waals surface area (Å²) in [6.07, 6.45) is 0. The number of benzene rings is 2. The van der Waals surface area contributed by atoms with Gasteiger partial charge in [0, 0.05) is 5.39 Å². The van der Waals surface area contributed by atoms with Crippen molar-refractivity contribution in [2.45, 2.75) is 6.04 Å². The van der Waals surface area contributed by atoms with E-state index < -0.39 is 18.0 Å². The molecule has 0 saturated carbocycles. The molecular weight excluding hydrogens is 256 g/mol. The number of hydrogen-bond donors (Lipinski definition) is 2. The van der Waals surface area contributed by atoms with Crippen LogP contribution in [0.1, 0.15) is 0 Å². The van der Waals surface area contributed by atoms with Crippen LogP contribution in [0.2, 0.25) is 0 Å². The van der Waals surface area contributed by atoms with E-state index in [0.29, 0.717) is 5.69 Å². The molecule has 98 valence electrons. The summed E-state index contributed by atoms with van der Waals surface area (Å²) < 4.78 is 0. The van der Waals surface area contributed by atoms with Crippen LogP contribution in [0.25, 0.3) is 10.8 Å². The van der Waals surface area contributed by atoms with Gasteiger partial charge in [0.2, 0.25) is 0 Å². The normalized spacial score (nSPS) is 18.8. The molecule has 1 saturated heterocycles. The Hall–Kier alpha value is -2.91. The molecule has 3 amide bonds. The summed E-state index contributed by atoms with van der Waals surface area (Å²) in [7, 11) is 0. The number of nitrogens with one attached hydrogen (secondary N) is 2. The maximum atomic E-state index is 11.9. The highest BCUT2D eigenvalue weighted by Crippen LogP contribution is 2.26. The molecule has 6 nitrogen and oxygen atoms in total. The molecule has 6 heteroatoms. The highest BCUT2D eigenvalue weighted by atomic mass is 16.2. The van der Waals surface area contributed by atoms with Crippen LogP contribution in [-0.2, 0) is 4.79 Å². The van der Waals surface area contributed by atoms with Crippen molar-refractivity contribution in [2.75, 3.05) is 5.01 Å². The fourth-order valence-corrected chi connectivity index (χ4v) is 2.15. The van der Waals surface area contributed by atoms with Crippen LogP contribution in [-0.4, -0.2) is 18.0 Å². The molecule has 2 aromatic carbocycles. The standard InChI is InChI=1S/C14H10N4O2/c15-8-11-13(19)16-14(20)18(17-11)12-7-3-5-9-4-1-2-6-10(9)12/h1-7,11,17H,(H,16,19,20). The van der Waals surface area contributed by atoms with E-state index in [2.05, 4.69) is 10.7 Å². The third kappa shape index (κ3) is 1.86. The predicted octanol–water partition coefficient (Wildman–Crippen LogP) is 1.29. The Bertz CT molecular complexity index is 745. The summed E-state index contributed by atoms with van der Waals surface area (Å²) >= 11 is 0. The Balaban J connectivity index is 2.09. The molecule has 1 aliphatic heterocycles. The number of amides is 3. The van der Waals surface area contributed by atoms with Crippen LogP contribution in [0.5, 0.6) is 0 Å². The number of hydrogen-bond acceptors (Lipinski definition) is 4. The highest BCUT2D eigenvalue weighted by Gasteiger charge is 2.33. The van der Waals surface area contributed by atoms with Gasteiger partial charge in [-0.3, -0.25) is 10.1 Å². The first-order valence-corrected chi connectivity index (χ1v) is 5.99. The van der Waals surface area contributed by atoms with Crippen LogP contribution in [0.3, 0.4) is 0 Å². The Morgan fingerprint density at radius 3 is 2.65 bits per heavy atom. The second kappa shape index (κ2) is 4.64. The highest BCUT2D eigenvalue weighted by molar-refractivity contribution is 6.11. The van der Waals surface area contributed by atoms with Crippen molar-refractivity contribution >= 4 is 28.4 Å². The van der Waals surface area contributed by atoms with Gasteiger partial charge in [-0.25, -0.2) is 9.80 Å². The van der Waals surface area contributed by atoms with Crippen LogP contribution < -0.4 is 15.8 Å². The Morgan fingerprint density at radius 2 is 1.85 bits per heavy atom. The molecule has 1 heterocycles. The van der Waals surface area contributed by atoms with E-state index in [-0.39, 0.29) is 0 Å². The number of nitriles is 1. The summed E-state index contributed by atoms with van der Waals surface area (Å²) in [4.78, 5) is 23.4. The largest absolute Gasteiger partial charge is 0.343 e. The van der Waals surface area contributed by atoms with Crippen molar-refractivity contribution in [3.8, 4) is 6.07 Å². The van der Waals surface area contributed by atoms with Gasteiger partial charge in [-0.2, -0.15) is 10.7 Å². The Labute approximate surface area is 114 Å². The fraction of sp³-hybridized carbons (Fsp3) is 0.0714. The number of carbonyl (C=O) groups is 2. The molecule has 1 fully saturated rings. The molecule has 1 atom stereocenters. The van der Waals surface area contributed by atoms with E-state index in [4.69, 9.17) is 5.26 Å². The monoisotopic (exact) mass is 266 g/mol. The molecule has 0 aromatic heterocycles. The number of urea groups is 1. The Morgan fingerprint density at radius 1 is 1.10 bits per heavy atom. The first kappa shape index (κ1) is 12.1. The van der Waals surface area contributed by atoms with Crippen LogP contribution in [0.4, 0.5) is 10.5 Å². The topological polar surface area (TPSA) is 85.2 Å². The molecule has 20 heavy (non-hydrogen) atoms. The van der Waals surface area contributed by atoms with Gasteiger partial charge in [-0.05, 0) is 11.5 Å². The fourth-order valence-electron chi connectivity index (χ4n) is 2.15. The molecule has 0 bridgehead atoms. The zero-order valence-electron chi connectivity index (χ0n) is 10.3. The average Bonchev–Trinajstić information content (AvgIpc) is 2.47. The lowest BCUT2D eigenvalue weighted by Crippen LogP contribution is -2.64. The Kier molecular flexibility index (Phi) is 2.82. The summed E-state index contributed by atoms with van der Waals surface area (Å²) in [6.45, 7) is 0. The van der Waals surface area contributed by atoms with Crippen molar-refractivity contribution in [3.05, 3.63) is 42.5 Å². The maximum absolute atomic E-state index is 11.9. The van der Waals surface area contributed by atoms with E-state index in [9.17, 15) is 9.59 Å². The van der Waals surface area contributed by atoms with Crippen molar-refractivity contribution in [3.63, 3.8) is 0 Å². The lowest BCUT2D eigenvalue weighted by molar-refractivity contribution is -0.121. The minimum Gasteiger partial charge on any atom is -0.274 e. The summed E-state index contributed by atoms with van der Waals surface area (Å²) in [5.41, 5.74) is 3.21. The van der Waals surface area contributed by atoms with Gasteiger partial charge in [0.15, 0.2) is 6.04 Å². The lowest BCUT2D eigenvalue weighted by atomic mass is 10.1. The number of carbonyl (C=O) groups excluding carboxylic acids is 2. The second-order valence-electron chi connectivity index (χ2n) is 4.32. The van der Waals surface area contributed by atoms with Gasteiger partial charge in [0.25, 0.3) is 5.91 Å². The molecule has 1 aliphatic rings. The third-order valence-electron chi connectivity index (χ3n) is 3.09. The smallest absolute Gasteiger partial charge is 0.274 e. The first-order chi connectivity index (χ1) is 9.70. The molecule has 2 aromatic rings. The zero-order valence-corrected chi connectivity index (χ0v) is 10.3.